The van der Waals surface area contributed by atoms with Crippen molar-refractivity contribution >= 4 is 23.4 Å². The number of carboxylic acids is 1. The van der Waals surface area contributed by atoms with Crippen molar-refractivity contribution in [3.05, 3.63) is 52.9 Å². The van der Waals surface area contributed by atoms with Crippen molar-refractivity contribution in [2.24, 2.45) is 0 Å². The van der Waals surface area contributed by atoms with E-state index >= 15 is 0 Å². The van der Waals surface area contributed by atoms with Crippen LogP contribution in [0.15, 0.2) is 36.8 Å². The number of aromatic carboxylic acids is 1. The fourth-order valence-corrected chi connectivity index (χ4v) is 1.83. The average molecular weight is 278 g/mol. The highest BCUT2D eigenvalue weighted by Gasteiger charge is 2.12. The van der Waals surface area contributed by atoms with Gasteiger partial charge in [0.2, 0.25) is 0 Å². The van der Waals surface area contributed by atoms with Crippen LogP contribution in [0.3, 0.4) is 0 Å². The van der Waals surface area contributed by atoms with Crippen LogP contribution in [-0.4, -0.2) is 28.1 Å². The zero-order valence-corrected chi connectivity index (χ0v) is 11.0. The summed E-state index contributed by atoms with van der Waals surface area (Å²) in [6.07, 6.45) is 4.80. The molecule has 0 aromatic carbocycles. The zero-order valence-electron chi connectivity index (χ0n) is 10.2. The average Bonchev–Trinajstić information content (AvgIpc) is 2.40. The topological polar surface area (TPSA) is 66.3 Å². The molecule has 0 bridgehead atoms. The van der Waals surface area contributed by atoms with E-state index in [1.54, 1.807) is 12.4 Å². The lowest BCUT2D eigenvalue weighted by Crippen LogP contribution is -2.18. The summed E-state index contributed by atoms with van der Waals surface area (Å²) in [4.78, 5) is 21.0. The van der Waals surface area contributed by atoms with Gasteiger partial charge in [0, 0.05) is 32.2 Å². The van der Waals surface area contributed by atoms with E-state index in [0.717, 1.165) is 5.56 Å². The minimum Gasteiger partial charge on any atom is -0.478 e. The van der Waals surface area contributed by atoms with Crippen LogP contribution in [0.5, 0.6) is 0 Å². The summed E-state index contributed by atoms with van der Waals surface area (Å²) in [5.41, 5.74) is 1.06. The van der Waals surface area contributed by atoms with Crippen LogP contribution >= 0.6 is 11.6 Å². The molecule has 5 nitrogen and oxygen atoms in total. The van der Waals surface area contributed by atoms with Gasteiger partial charge in [-0.2, -0.15) is 0 Å². The number of pyridine rings is 2. The molecular weight excluding hydrogens is 266 g/mol. The fraction of sp³-hybridized carbons (Fsp3) is 0.154. The number of halogens is 1. The van der Waals surface area contributed by atoms with Crippen LogP contribution < -0.4 is 4.90 Å². The van der Waals surface area contributed by atoms with E-state index < -0.39 is 5.97 Å². The second-order valence-electron chi connectivity index (χ2n) is 4.04. The van der Waals surface area contributed by atoms with E-state index in [1.165, 1.54) is 12.3 Å². The molecule has 2 aromatic rings. The molecule has 0 aliphatic carbocycles. The Morgan fingerprint density at radius 1 is 1.47 bits per heavy atom. The van der Waals surface area contributed by atoms with E-state index in [2.05, 4.69) is 9.97 Å². The standard InChI is InChI=1S/C13H12ClN3O2/c1-17(8-9-3-2-4-15-6-9)12-5-10(13(18)19)11(14)7-16-12/h2-7H,8H2,1H3,(H,18,19). The lowest BCUT2D eigenvalue weighted by atomic mass is 10.2. The molecule has 1 N–H and O–H groups in total. The Bertz CT molecular complexity index is 590. The lowest BCUT2D eigenvalue weighted by Gasteiger charge is -2.18. The Kier molecular flexibility index (Phi) is 3.97. The summed E-state index contributed by atoms with van der Waals surface area (Å²) in [5.74, 6) is -0.519. The van der Waals surface area contributed by atoms with Gasteiger partial charge in [0.1, 0.15) is 5.82 Å². The van der Waals surface area contributed by atoms with Gasteiger partial charge < -0.3 is 10.0 Å². The molecule has 0 saturated heterocycles. The van der Waals surface area contributed by atoms with Gasteiger partial charge in [-0.15, -0.1) is 0 Å². The van der Waals surface area contributed by atoms with E-state index in [9.17, 15) is 4.79 Å². The minimum absolute atomic E-state index is 0.0460. The summed E-state index contributed by atoms with van der Waals surface area (Å²) in [6, 6.07) is 5.25. The maximum absolute atomic E-state index is 11.0. The Hall–Kier alpha value is -2.14. The van der Waals surface area contributed by atoms with Crippen molar-refractivity contribution in [2.45, 2.75) is 6.54 Å². The van der Waals surface area contributed by atoms with Crippen molar-refractivity contribution in [1.82, 2.24) is 9.97 Å². The molecule has 0 amide bonds. The Morgan fingerprint density at radius 3 is 2.89 bits per heavy atom. The number of anilines is 1. The van der Waals surface area contributed by atoms with Crippen LogP contribution in [-0.2, 0) is 6.54 Å². The maximum Gasteiger partial charge on any atom is 0.337 e. The second kappa shape index (κ2) is 5.67. The largest absolute Gasteiger partial charge is 0.478 e. The first kappa shape index (κ1) is 13.3. The van der Waals surface area contributed by atoms with E-state index in [1.807, 2.05) is 24.1 Å². The number of rotatable bonds is 4. The third-order valence-corrected chi connectivity index (χ3v) is 2.91. The number of carbonyl (C=O) groups is 1. The normalized spacial score (nSPS) is 10.2. The molecule has 0 unspecified atom stereocenters. The van der Waals surface area contributed by atoms with Crippen LogP contribution in [0.1, 0.15) is 15.9 Å². The van der Waals surface area contributed by atoms with Gasteiger partial charge in [-0.25, -0.2) is 9.78 Å². The first-order valence-electron chi connectivity index (χ1n) is 5.57. The Labute approximate surface area is 115 Å². The minimum atomic E-state index is -1.07. The molecule has 0 spiro atoms. The predicted molar refractivity (Wildman–Crippen MR) is 72.6 cm³/mol. The molecule has 2 rings (SSSR count). The highest BCUT2D eigenvalue weighted by molar-refractivity contribution is 6.33. The molecular formula is C13H12ClN3O2. The first-order valence-corrected chi connectivity index (χ1v) is 5.94. The highest BCUT2D eigenvalue weighted by atomic mass is 35.5. The van der Waals surface area contributed by atoms with Crippen molar-refractivity contribution in [1.29, 1.82) is 0 Å². The third kappa shape index (κ3) is 3.20. The van der Waals surface area contributed by atoms with Crippen molar-refractivity contribution in [2.75, 3.05) is 11.9 Å². The van der Waals surface area contributed by atoms with Gasteiger partial charge in [0.25, 0.3) is 0 Å². The van der Waals surface area contributed by atoms with Crippen molar-refractivity contribution < 1.29 is 9.90 Å². The zero-order chi connectivity index (χ0) is 13.8. The summed E-state index contributed by atoms with van der Waals surface area (Å²) in [5, 5.41) is 9.15. The summed E-state index contributed by atoms with van der Waals surface area (Å²) < 4.78 is 0. The van der Waals surface area contributed by atoms with Gasteiger partial charge in [-0.1, -0.05) is 17.7 Å². The smallest absolute Gasteiger partial charge is 0.337 e. The SMILES string of the molecule is CN(Cc1cccnc1)c1cc(C(=O)O)c(Cl)cn1. The molecule has 98 valence electrons. The number of hydrogen-bond donors (Lipinski definition) is 1. The molecule has 0 aliphatic heterocycles. The van der Waals surface area contributed by atoms with Crippen LogP contribution in [0.2, 0.25) is 5.02 Å². The predicted octanol–water partition coefficient (Wildman–Crippen LogP) is 2.46. The van der Waals surface area contributed by atoms with E-state index in [4.69, 9.17) is 16.7 Å². The molecule has 0 fully saturated rings. The van der Waals surface area contributed by atoms with Crippen LogP contribution in [0.25, 0.3) is 0 Å². The highest BCUT2D eigenvalue weighted by Crippen LogP contribution is 2.20. The van der Waals surface area contributed by atoms with Gasteiger partial charge in [0.05, 0.1) is 10.6 Å². The van der Waals surface area contributed by atoms with Crippen LogP contribution in [0.4, 0.5) is 5.82 Å². The van der Waals surface area contributed by atoms with Gasteiger partial charge in [-0.3, -0.25) is 4.98 Å². The van der Waals surface area contributed by atoms with E-state index in [0.29, 0.717) is 12.4 Å². The van der Waals surface area contributed by atoms with Crippen molar-refractivity contribution in [3.63, 3.8) is 0 Å². The fourth-order valence-electron chi connectivity index (χ4n) is 1.65. The number of hydrogen-bond acceptors (Lipinski definition) is 4. The number of nitrogens with zero attached hydrogens (tertiary/aromatic N) is 3. The quantitative estimate of drug-likeness (QED) is 0.930. The lowest BCUT2D eigenvalue weighted by molar-refractivity contribution is 0.0697. The second-order valence-corrected chi connectivity index (χ2v) is 4.45. The van der Waals surface area contributed by atoms with Crippen LogP contribution in [0, 0.1) is 0 Å². The number of aromatic nitrogens is 2. The van der Waals surface area contributed by atoms with Crippen molar-refractivity contribution in [3.8, 4) is 0 Å². The van der Waals surface area contributed by atoms with E-state index in [-0.39, 0.29) is 10.6 Å². The summed E-state index contributed by atoms with van der Waals surface area (Å²) in [7, 11) is 1.83. The molecule has 0 radical (unpaired) electrons. The molecule has 2 aromatic heterocycles. The molecule has 19 heavy (non-hydrogen) atoms. The molecule has 0 saturated carbocycles. The summed E-state index contributed by atoms with van der Waals surface area (Å²) >= 11 is 5.78. The number of carboxylic acid groups (broad SMARTS) is 1. The maximum atomic E-state index is 11.0. The molecule has 6 heteroatoms. The Morgan fingerprint density at radius 2 is 2.26 bits per heavy atom. The third-order valence-electron chi connectivity index (χ3n) is 2.60. The molecule has 2 heterocycles. The first-order chi connectivity index (χ1) is 9.08. The van der Waals surface area contributed by atoms with Gasteiger partial charge in [-0.05, 0) is 17.7 Å². The molecule has 0 aliphatic rings. The molecule has 0 atom stereocenters. The van der Waals surface area contributed by atoms with Gasteiger partial charge in [0.15, 0.2) is 0 Å². The Balaban J connectivity index is 2.22. The summed E-state index contributed by atoms with van der Waals surface area (Å²) in [6.45, 7) is 0.585. The monoisotopic (exact) mass is 277 g/mol. The van der Waals surface area contributed by atoms with Gasteiger partial charge >= 0.3 is 5.97 Å².